The minimum absolute atomic E-state index is 0.307. The second kappa shape index (κ2) is 5.70. The molecule has 1 fully saturated rings. The molecule has 2 unspecified atom stereocenters. The first-order valence-corrected chi connectivity index (χ1v) is 7.19. The molecule has 3 N–H and O–H groups in total. The van der Waals surface area contributed by atoms with E-state index in [1.807, 2.05) is 12.1 Å². The maximum absolute atomic E-state index is 6.23. The summed E-state index contributed by atoms with van der Waals surface area (Å²) in [5, 5.41) is 0.808. The molecule has 0 radical (unpaired) electrons. The summed E-state index contributed by atoms with van der Waals surface area (Å²) in [7, 11) is 0. The molecule has 0 bridgehead atoms. The number of hydrogen-bond acceptors (Lipinski definition) is 2. The van der Waals surface area contributed by atoms with Gasteiger partial charge in [0.2, 0.25) is 0 Å². The van der Waals surface area contributed by atoms with E-state index in [9.17, 15) is 0 Å². The second-order valence-electron chi connectivity index (χ2n) is 4.91. The summed E-state index contributed by atoms with van der Waals surface area (Å²) < 4.78 is 1.01. The third kappa shape index (κ3) is 3.44. The Morgan fingerprint density at radius 2 is 2.24 bits per heavy atom. The molecule has 2 atom stereocenters. The van der Waals surface area contributed by atoms with Crippen molar-refractivity contribution in [1.29, 1.82) is 0 Å². The summed E-state index contributed by atoms with van der Waals surface area (Å²) in [4.78, 5) is 0. The summed E-state index contributed by atoms with van der Waals surface area (Å²) >= 11 is 9.65. The zero-order chi connectivity index (χ0) is 12.4. The molecule has 1 aromatic rings. The highest BCUT2D eigenvalue weighted by Gasteiger charge is 2.33. The van der Waals surface area contributed by atoms with Crippen molar-refractivity contribution in [3.05, 3.63) is 33.3 Å². The molecule has 1 saturated carbocycles. The molecular formula is C13H18BrClN2. The molecule has 94 valence electrons. The van der Waals surface area contributed by atoms with Crippen LogP contribution in [0.25, 0.3) is 0 Å². The maximum atomic E-state index is 6.23. The first kappa shape index (κ1) is 13.3. The predicted molar refractivity (Wildman–Crippen MR) is 75.9 cm³/mol. The van der Waals surface area contributed by atoms with Crippen LogP contribution in [0.3, 0.4) is 0 Å². The first-order valence-electron chi connectivity index (χ1n) is 6.02. The van der Waals surface area contributed by atoms with Crippen molar-refractivity contribution in [3.8, 4) is 0 Å². The fourth-order valence-electron chi connectivity index (χ4n) is 2.27. The lowest BCUT2D eigenvalue weighted by molar-refractivity contribution is 0.343. The van der Waals surface area contributed by atoms with Gasteiger partial charge in [-0.25, -0.2) is 0 Å². The van der Waals surface area contributed by atoms with Crippen LogP contribution in [0.15, 0.2) is 22.7 Å². The van der Waals surface area contributed by atoms with Gasteiger partial charge in [0.25, 0.3) is 0 Å². The van der Waals surface area contributed by atoms with Crippen molar-refractivity contribution in [3.63, 3.8) is 0 Å². The highest BCUT2D eigenvalue weighted by Crippen LogP contribution is 2.39. The normalized spacial score (nSPS) is 19.1. The van der Waals surface area contributed by atoms with Gasteiger partial charge < -0.3 is 0 Å². The Morgan fingerprint density at radius 3 is 2.76 bits per heavy atom. The van der Waals surface area contributed by atoms with Gasteiger partial charge in [-0.3, -0.25) is 11.3 Å². The summed E-state index contributed by atoms with van der Waals surface area (Å²) in [6.07, 6.45) is 3.57. The van der Waals surface area contributed by atoms with E-state index in [0.717, 1.165) is 27.4 Å². The molecule has 0 heterocycles. The molecule has 1 aliphatic rings. The Morgan fingerprint density at radius 1 is 1.53 bits per heavy atom. The number of nitrogens with one attached hydrogen (secondary N) is 1. The molecule has 1 aromatic carbocycles. The second-order valence-corrected chi connectivity index (χ2v) is 6.23. The molecule has 0 amide bonds. The number of hydrazine groups is 1. The fourth-order valence-corrected chi connectivity index (χ4v) is 3.02. The van der Waals surface area contributed by atoms with E-state index >= 15 is 0 Å². The van der Waals surface area contributed by atoms with Crippen LogP contribution in [0.2, 0.25) is 5.02 Å². The van der Waals surface area contributed by atoms with Crippen LogP contribution in [0.4, 0.5) is 0 Å². The first-order chi connectivity index (χ1) is 8.11. The third-order valence-corrected chi connectivity index (χ3v) is 4.51. The van der Waals surface area contributed by atoms with Gasteiger partial charge in [-0.05, 0) is 48.8 Å². The number of hydrogen-bond donors (Lipinski definition) is 2. The fraction of sp³-hybridized carbons (Fsp3) is 0.538. The Hall–Kier alpha value is -0.0900. The van der Waals surface area contributed by atoms with Crippen LogP contribution in [0, 0.1) is 11.8 Å². The smallest absolute Gasteiger partial charge is 0.0449 e. The molecule has 0 aromatic heterocycles. The Labute approximate surface area is 116 Å². The van der Waals surface area contributed by atoms with E-state index in [1.54, 1.807) is 0 Å². The molecule has 0 saturated heterocycles. The lowest BCUT2D eigenvalue weighted by Crippen LogP contribution is -2.42. The van der Waals surface area contributed by atoms with Gasteiger partial charge in [0.1, 0.15) is 0 Å². The van der Waals surface area contributed by atoms with Crippen LogP contribution in [-0.4, -0.2) is 6.04 Å². The Bertz CT molecular complexity index is 393. The molecule has 0 aliphatic heterocycles. The SMILES string of the molecule is CC(C1CC1)C(Cc1ccc(Br)cc1Cl)NN. The van der Waals surface area contributed by atoms with E-state index in [-0.39, 0.29) is 0 Å². The highest BCUT2D eigenvalue weighted by atomic mass is 79.9. The average molecular weight is 318 g/mol. The summed E-state index contributed by atoms with van der Waals surface area (Å²) in [6, 6.07) is 6.33. The number of nitrogens with two attached hydrogens (primary N) is 1. The van der Waals surface area contributed by atoms with E-state index in [0.29, 0.717) is 12.0 Å². The van der Waals surface area contributed by atoms with Gasteiger partial charge in [0.05, 0.1) is 0 Å². The third-order valence-electron chi connectivity index (χ3n) is 3.67. The number of halogens is 2. The number of benzene rings is 1. The summed E-state index contributed by atoms with van der Waals surface area (Å²) in [5.41, 5.74) is 4.10. The summed E-state index contributed by atoms with van der Waals surface area (Å²) in [6.45, 7) is 2.27. The van der Waals surface area contributed by atoms with Gasteiger partial charge in [-0.2, -0.15) is 0 Å². The van der Waals surface area contributed by atoms with Gasteiger partial charge >= 0.3 is 0 Å². The quantitative estimate of drug-likeness (QED) is 0.644. The van der Waals surface area contributed by atoms with Crippen LogP contribution in [0.5, 0.6) is 0 Å². The molecule has 2 rings (SSSR count). The summed E-state index contributed by atoms with van der Waals surface area (Å²) in [5.74, 6) is 7.11. The van der Waals surface area contributed by atoms with Crippen molar-refractivity contribution in [1.82, 2.24) is 5.43 Å². The average Bonchev–Trinajstić information content (AvgIpc) is 3.11. The van der Waals surface area contributed by atoms with E-state index in [1.165, 1.54) is 12.8 Å². The lowest BCUT2D eigenvalue weighted by Gasteiger charge is -2.23. The molecule has 2 nitrogen and oxygen atoms in total. The predicted octanol–water partition coefficient (Wildman–Crippen LogP) is 3.52. The number of rotatable bonds is 5. The zero-order valence-electron chi connectivity index (χ0n) is 9.92. The van der Waals surface area contributed by atoms with E-state index < -0.39 is 0 Å². The molecule has 4 heteroatoms. The van der Waals surface area contributed by atoms with E-state index in [2.05, 4.69) is 34.3 Å². The van der Waals surface area contributed by atoms with Crippen molar-refractivity contribution in [2.24, 2.45) is 17.7 Å². The molecular weight excluding hydrogens is 300 g/mol. The minimum Gasteiger partial charge on any atom is -0.271 e. The largest absolute Gasteiger partial charge is 0.271 e. The van der Waals surface area contributed by atoms with Gasteiger partial charge in [-0.1, -0.05) is 40.5 Å². The maximum Gasteiger partial charge on any atom is 0.0449 e. The monoisotopic (exact) mass is 316 g/mol. The van der Waals surface area contributed by atoms with Crippen LogP contribution < -0.4 is 11.3 Å². The molecule has 1 aliphatic carbocycles. The van der Waals surface area contributed by atoms with Crippen molar-refractivity contribution in [2.45, 2.75) is 32.2 Å². The van der Waals surface area contributed by atoms with Crippen LogP contribution in [0.1, 0.15) is 25.3 Å². The minimum atomic E-state index is 0.307. The topological polar surface area (TPSA) is 38.0 Å². The van der Waals surface area contributed by atoms with Gasteiger partial charge in [-0.15, -0.1) is 0 Å². The van der Waals surface area contributed by atoms with Crippen molar-refractivity contribution < 1.29 is 0 Å². The Kier molecular flexibility index (Phi) is 4.47. The Balaban J connectivity index is 2.06. The van der Waals surface area contributed by atoms with Crippen LogP contribution >= 0.6 is 27.5 Å². The van der Waals surface area contributed by atoms with Gasteiger partial charge in [0.15, 0.2) is 0 Å². The standard InChI is InChI=1S/C13H18BrClN2/c1-8(9-2-3-9)13(17-16)6-10-4-5-11(14)7-12(10)15/h4-5,7-9,13,17H,2-3,6,16H2,1H3. The van der Waals surface area contributed by atoms with Crippen LogP contribution in [-0.2, 0) is 6.42 Å². The van der Waals surface area contributed by atoms with Gasteiger partial charge in [0, 0.05) is 15.5 Å². The highest BCUT2D eigenvalue weighted by molar-refractivity contribution is 9.10. The van der Waals surface area contributed by atoms with Crippen molar-refractivity contribution >= 4 is 27.5 Å². The molecule has 0 spiro atoms. The van der Waals surface area contributed by atoms with Crippen molar-refractivity contribution in [2.75, 3.05) is 0 Å². The molecule has 17 heavy (non-hydrogen) atoms. The zero-order valence-corrected chi connectivity index (χ0v) is 12.3. The van der Waals surface area contributed by atoms with E-state index in [4.69, 9.17) is 17.4 Å². The lowest BCUT2D eigenvalue weighted by atomic mass is 9.92.